The molecule has 0 aliphatic carbocycles. The number of halogens is 2. The molecule has 2 aromatic carbocycles. The number of phenols is 1. The van der Waals surface area contributed by atoms with Gasteiger partial charge in [0.1, 0.15) is 17.5 Å². The minimum atomic E-state index is -0.630. The molecule has 10 heteroatoms. The third kappa shape index (κ3) is 4.34. The van der Waals surface area contributed by atoms with Crippen molar-refractivity contribution in [1.29, 1.82) is 5.26 Å². The van der Waals surface area contributed by atoms with E-state index in [9.17, 15) is 9.50 Å². The van der Waals surface area contributed by atoms with Crippen LogP contribution in [0.5, 0.6) is 11.5 Å². The molecule has 8 nitrogen and oxygen atoms in total. The number of fused-ring (bicyclic) bond motifs is 1. The molecule has 0 unspecified atom stereocenters. The van der Waals surface area contributed by atoms with Crippen LogP contribution >= 0.6 is 12.4 Å². The molecule has 1 atom stereocenters. The van der Waals surface area contributed by atoms with Crippen LogP contribution in [0, 0.1) is 17.1 Å². The summed E-state index contributed by atoms with van der Waals surface area (Å²) >= 11 is 0. The van der Waals surface area contributed by atoms with Gasteiger partial charge in [0.15, 0.2) is 11.5 Å². The lowest BCUT2D eigenvalue weighted by atomic mass is 9.98. The number of aromatic hydroxyl groups is 1. The molecule has 0 amide bonds. The summed E-state index contributed by atoms with van der Waals surface area (Å²) in [6, 6.07) is 11.3. The molecule has 3 N–H and O–H groups in total. The minimum Gasteiger partial charge on any atom is -0.504 e. The summed E-state index contributed by atoms with van der Waals surface area (Å²) in [5.41, 5.74) is 9.04. The number of phenolic OH excluding ortho intramolecular Hbond substituents is 1. The zero-order valence-electron chi connectivity index (χ0n) is 19.0. The van der Waals surface area contributed by atoms with Gasteiger partial charge >= 0.3 is 0 Å². The summed E-state index contributed by atoms with van der Waals surface area (Å²) in [5.74, 6) is 0.327. The number of hydrogen-bond donors (Lipinski definition) is 2. The van der Waals surface area contributed by atoms with Crippen molar-refractivity contribution in [1.82, 2.24) is 14.4 Å². The standard InChI is InChI=1S/C25H23FN6O2.ClH/c1-34-21-7-6-15(12-20(21)33)22-23(16-4-5-17(13-27)19(26)11-16)30-25(32-10-8-29-24(22)32)31-9-2-3-18(28)14-31;/h4-8,10-12,18,33H,2-3,9,14,28H2,1H3;1H/t18-;/m1./s1. The fraction of sp³-hybridized carbons (Fsp3) is 0.240. The molecule has 1 aliphatic heterocycles. The Hall–Kier alpha value is -3.87. The Bertz CT molecular complexity index is 1430. The third-order valence-electron chi connectivity index (χ3n) is 6.10. The second-order valence-corrected chi connectivity index (χ2v) is 8.30. The molecule has 0 bridgehead atoms. The summed E-state index contributed by atoms with van der Waals surface area (Å²) in [5, 5.41) is 19.6. The van der Waals surface area contributed by atoms with Crippen LogP contribution in [-0.4, -0.2) is 45.7 Å². The Kier molecular flexibility index (Phi) is 6.78. The number of anilines is 1. The largest absolute Gasteiger partial charge is 0.504 e. The van der Waals surface area contributed by atoms with E-state index in [4.69, 9.17) is 20.7 Å². The maximum absolute atomic E-state index is 14.6. The van der Waals surface area contributed by atoms with Crippen molar-refractivity contribution in [2.75, 3.05) is 25.1 Å². The third-order valence-corrected chi connectivity index (χ3v) is 6.10. The van der Waals surface area contributed by atoms with Gasteiger partial charge in [0.25, 0.3) is 0 Å². The molecule has 1 fully saturated rings. The second kappa shape index (κ2) is 9.78. The summed E-state index contributed by atoms with van der Waals surface area (Å²) < 4.78 is 21.7. The maximum atomic E-state index is 14.6. The van der Waals surface area contributed by atoms with Gasteiger partial charge in [-0.1, -0.05) is 12.1 Å². The highest BCUT2D eigenvalue weighted by Gasteiger charge is 2.25. The lowest BCUT2D eigenvalue weighted by molar-refractivity contribution is 0.373. The van der Waals surface area contributed by atoms with E-state index in [1.165, 1.54) is 19.2 Å². The van der Waals surface area contributed by atoms with E-state index in [1.807, 2.05) is 16.7 Å². The van der Waals surface area contributed by atoms with Crippen molar-refractivity contribution in [2.45, 2.75) is 18.9 Å². The van der Waals surface area contributed by atoms with Gasteiger partial charge in [-0.2, -0.15) is 5.26 Å². The molecule has 0 radical (unpaired) electrons. The van der Waals surface area contributed by atoms with Crippen LogP contribution in [0.25, 0.3) is 28.0 Å². The van der Waals surface area contributed by atoms with E-state index in [-0.39, 0.29) is 29.8 Å². The van der Waals surface area contributed by atoms with E-state index in [2.05, 4.69) is 9.88 Å². The average Bonchev–Trinajstić information content (AvgIpc) is 3.32. The molecule has 0 spiro atoms. The number of rotatable bonds is 4. The molecule has 0 saturated carbocycles. The molecule has 180 valence electrons. The summed E-state index contributed by atoms with van der Waals surface area (Å²) in [6.45, 7) is 1.43. The number of benzene rings is 2. The van der Waals surface area contributed by atoms with Gasteiger partial charge < -0.3 is 20.5 Å². The van der Waals surface area contributed by atoms with E-state index in [0.717, 1.165) is 19.4 Å². The van der Waals surface area contributed by atoms with Crippen LogP contribution < -0.4 is 15.4 Å². The molecule has 3 heterocycles. The van der Waals surface area contributed by atoms with Crippen LogP contribution in [0.1, 0.15) is 18.4 Å². The van der Waals surface area contributed by atoms with Crippen LogP contribution in [0.4, 0.5) is 10.3 Å². The normalized spacial score (nSPS) is 15.5. The molecule has 4 aromatic rings. The molecular weight excluding hydrogens is 471 g/mol. The van der Waals surface area contributed by atoms with E-state index in [0.29, 0.717) is 46.3 Å². The van der Waals surface area contributed by atoms with Gasteiger partial charge in [-0.3, -0.25) is 4.40 Å². The zero-order valence-corrected chi connectivity index (χ0v) is 19.8. The molecule has 5 rings (SSSR count). The Morgan fingerprint density at radius 3 is 2.71 bits per heavy atom. The van der Waals surface area contributed by atoms with Crippen molar-refractivity contribution in [3.8, 4) is 40.0 Å². The number of nitrogens with two attached hydrogens (primary N) is 1. The van der Waals surface area contributed by atoms with E-state index >= 15 is 0 Å². The number of piperidine rings is 1. The lowest BCUT2D eigenvalue weighted by Crippen LogP contribution is -2.44. The number of imidazole rings is 1. The van der Waals surface area contributed by atoms with Gasteiger partial charge in [0.05, 0.1) is 23.9 Å². The van der Waals surface area contributed by atoms with Gasteiger partial charge in [-0.25, -0.2) is 14.4 Å². The van der Waals surface area contributed by atoms with Crippen molar-refractivity contribution >= 4 is 24.0 Å². The van der Waals surface area contributed by atoms with Crippen molar-refractivity contribution in [3.63, 3.8) is 0 Å². The molecular formula is C25H24ClFN6O2. The number of methoxy groups -OCH3 is 1. The Labute approximate surface area is 207 Å². The lowest BCUT2D eigenvalue weighted by Gasteiger charge is -2.32. The van der Waals surface area contributed by atoms with Gasteiger partial charge in [-0.15, -0.1) is 12.4 Å². The van der Waals surface area contributed by atoms with Gasteiger partial charge in [-0.05, 0) is 42.7 Å². The summed E-state index contributed by atoms with van der Waals surface area (Å²) in [7, 11) is 1.48. The number of aromatic nitrogens is 3. The molecule has 35 heavy (non-hydrogen) atoms. The van der Waals surface area contributed by atoms with Crippen LogP contribution in [-0.2, 0) is 0 Å². The summed E-state index contributed by atoms with van der Waals surface area (Å²) in [4.78, 5) is 11.7. The van der Waals surface area contributed by atoms with Crippen molar-refractivity contribution in [3.05, 3.63) is 60.2 Å². The summed E-state index contributed by atoms with van der Waals surface area (Å²) in [6.07, 6.45) is 5.39. The van der Waals surface area contributed by atoms with Crippen LogP contribution in [0.2, 0.25) is 0 Å². The molecule has 1 saturated heterocycles. The van der Waals surface area contributed by atoms with Crippen LogP contribution in [0.3, 0.4) is 0 Å². The zero-order chi connectivity index (χ0) is 23.8. The maximum Gasteiger partial charge on any atom is 0.211 e. The monoisotopic (exact) mass is 494 g/mol. The number of hydrogen-bond acceptors (Lipinski definition) is 7. The SMILES string of the molecule is COc1ccc(-c2c(-c3ccc(C#N)c(F)c3)nc(N3CCC[C@@H](N)C3)n3ccnc23)cc1O.Cl. The Morgan fingerprint density at radius 2 is 2.03 bits per heavy atom. The predicted molar refractivity (Wildman–Crippen MR) is 133 cm³/mol. The first-order valence-electron chi connectivity index (χ1n) is 10.9. The quantitative estimate of drug-likeness (QED) is 0.438. The molecule has 1 aliphatic rings. The highest BCUT2D eigenvalue weighted by Crippen LogP contribution is 2.40. The Morgan fingerprint density at radius 1 is 1.23 bits per heavy atom. The van der Waals surface area contributed by atoms with E-state index in [1.54, 1.807) is 30.5 Å². The highest BCUT2D eigenvalue weighted by atomic mass is 35.5. The average molecular weight is 495 g/mol. The van der Waals surface area contributed by atoms with Crippen LogP contribution in [0.15, 0.2) is 48.8 Å². The highest BCUT2D eigenvalue weighted by molar-refractivity contribution is 5.91. The second-order valence-electron chi connectivity index (χ2n) is 8.30. The van der Waals surface area contributed by atoms with Crippen molar-refractivity contribution in [2.24, 2.45) is 5.73 Å². The van der Waals surface area contributed by atoms with Crippen molar-refractivity contribution < 1.29 is 14.2 Å². The number of nitriles is 1. The molecule has 2 aromatic heterocycles. The predicted octanol–water partition coefficient (Wildman–Crippen LogP) is 4.14. The van der Waals surface area contributed by atoms with Gasteiger partial charge in [0, 0.05) is 37.1 Å². The fourth-order valence-electron chi connectivity index (χ4n) is 4.45. The van der Waals surface area contributed by atoms with Gasteiger partial charge in [0.2, 0.25) is 5.95 Å². The smallest absolute Gasteiger partial charge is 0.211 e. The first-order valence-corrected chi connectivity index (χ1v) is 10.9. The Balaban J connectivity index is 0.00000289. The number of nitrogens with zero attached hydrogens (tertiary/aromatic N) is 5. The topological polar surface area (TPSA) is 113 Å². The minimum absolute atomic E-state index is 0. The fourth-order valence-corrected chi connectivity index (χ4v) is 4.45. The first kappa shape index (κ1) is 24.3. The first-order chi connectivity index (χ1) is 16.5. The van der Waals surface area contributed by atoms with E-state index < -0.39 is 5.82 Å². The number of ether oxygens (including phenoxy) is 1.